The maximum absolute atomic E-state index is 14.2. The van der Waals surface area contributed by atoms with Crippen molar-refractivity contribution in [1.29, 1.82) is 0 Å². The topological polar surface area (TPSA) is 92.4 Å². The molecule has 3 atom stereocenters. The van der Waals surface area contributed by atoms with Gasteiger partial charge in [0.05, 0.1) is 6.10 Å². The Hall–Kier alpha value is -1.60. The summed E-state index contributed by atoms with van der Waals surface area (Å²) >= 11 is 1.71. The number of nitrogens with two attached hydrogens (primary N) is 1. The van der Waals surface area contributed by atoms with Gasteiger partial charge in [-0.2, -0.15) is 11.8 Å². The average Bonchev–Trinajstić information content (AvgIpc) is 2.67. The highest BCUT2D eigenvalue weighted by molar-refractivity contribution is 7.99. The first kappa shape index (κ1) is 24.4. The minimum atomic E-state index is -2.17. The van der Waals surface area contributed by atoms with E-state index in [1.807, 2.05) is 37.3 Å². The lowest BCUT2D eigenvalue weighted by molar-refractivity contribution is -0.131. The first-order valence-corrected chi connectivity index (χ1v) is 10.8. The molecule has 0 heterocycles. The molecule has 0 fully saturated rings. The zero-order valence-electron chi connectivity index (χ0n) is 16.7. The van der Waals surface area contributed by atoms with Crippen molar-refractivity contribution >= 4 is 23.6 Å². The molecule has 1 radical (unpaired) electrons. The van der Waals surface area contributed by atoms with E-state index >= 15 is 0 Å². The Kier molecular flexibility index (Phi) is 11.2. The Morgan fingerprint density at radius 2 is 2.04 bits per heavy atom. The van der Waals surface area contributed by atoms with Gasteiger partial charge in [-0.25, -0.2) is 4.39 Å². The summed E-state index contributed by atoms with van der Waals surface area (Å²) in [6.45, 7) is 3.68. The number of alkyl halides is 1. The van der Waals surface area contributed by atoms with E-state index in [-0.39, 0.29) is 25.2 Å². The molecule has 1 unspecified atom stereocenters. The molecule has 0 aliphatic carbocycles. The van der Waals surface area contributed by atoms with E-state index < -0.39 is 23.6 Å². The molecule has 0 saturated heterocycles. The molecule has 1 rings (SSSR count). The van der Waals surface area contributed by atoms with Crippen LogP contribution >= 0.6 is 11.8 Å². The Bertz CT molecular complexity index is 599. The van der Waals surface area contributed by atoms with Crippen LogP contribution in [0.2, 0.25) is 0 Å². The van der Waals surface area contributed by atoms with Gasteiger partial charge in [0.1, 0.15) is 0 Å². The lowest BCUT2D eigenvalue weighted by Crippen LogP contribution is -2.39. The third-order valence-electron chi connectivity index (χ3n) is 4.59. The van der Waals surface area contributed by atoms with Gasteiger partial charge >= 0.3 is 0 Å². The van der Waals surface area contributed by atoms with Crippen molar-refractivity contribution in [3.8, 4) is 0 Å². The summed E-state index contributed by atoms with van der Waals surface area (Å²) in [5, 5.41) is 13.2. The standard InChI is InChI=1S/C21H32FN2O3S/c1-3-28-14-13-24-19(26)17(11-12-21(2,22)20(23)27)15-18(25)10-9-16-7-5-4-6-8-16/h4-8,10,17-18,25H,3,9,11-15H2,1-2H3,(H2,23,27)(H,24,26)/t17-,18+,21?/m1/s1. The number of halogens is 1. The molecule has 0 aliphatic heterocycles. The summed E-state index contributed by atoms with van der Waals surface area (Å²) in [7, 11) is 0. The highest BCUT2D eigenvalue weighted by atomic mass is 32.2. The molecule has 1 aromatic carbocycles. The lowest BCUT2D eigenvalue weighted by Gasteiger charge is -2.23. The van der Waals surface area contributed by atoms with Gasteiger partial charge in [0.25, 0.3) is 5.91 Å². The van der Waals surface area contributed by atoms with E-state index in [0.717, 1.165) is 24.0 Å². The smallest absolute Gasteiger partial charge is 0.254 e. The predicted octanol–water partition coefficient (Wildman–Crippen LogP) is 2.66. The molecule has 0 spiro atoms. The van der Waals surface area contributed by atoms with E-state index in [1.165, 1.54) is 0 Å². The number of thioether (sulfide) groups is 1. The van der Waals surface area contributed by atoms with Crippen molar-refractivity contribution in [2.45, 2.75) is 51.3 Å². The number of carbonyl (C=O) groups excluding carboxylic acids is 2. The van der Waals surface area contributed by atoms with E-state index in [4.69, 9.17) is 5.73 Å². The van der Waals surface area contributed by atoms with Gasteiger partial charge in [-0.15, -0.1) is 0 Å². The van der Waals surface area contributed by atoms with Crippen LogP contribution in [0.25, 0.3) is 0 Å². The van der Waals surface area contributed by atoms with Gasteiger partial charge in [0.15, 0.2) is 5.67 Å². The van der Waals surface area contributed by atoms with Crippen LogP contribution in [0, 0.1) is 12.3 Å². The molecular weight excluding hydrogens is 379 g/mol. The normalized spacial score (nSPS) is 15.4. The van der Waals surface area contributed by atoms with Crippen LogP contribution in [0.15, 0.2) is 30.3 Å². The van der Waals surface area contributed by atoms with Crippen molar-refractivity contribution < 1.29 is 19.1 Å². The summed E-state index contributed by atoms with van der Waals surface area (Å²) in [5.74, 6) is -0.111. The fraction of sp³-hybridized carbons (Fsp3) is 0.571. The minimum absolute atomic E-state index is 0.138. The number of amides is 2. The molecule has 157 valence electrons. The van der Waals surface area contributed by atoms with Crippen LogP contribution in [0.5, 0.6) is 0 Å². The number of rotatable bonds is 14. The minimum Gasteiger partial charge on any atom is -0.393 e. The number of aliphatic hydroxyl groups excluding tert-OH is 1. The molecule has 28 heavy (non-hydrogen) atoms. The van der Waals surface area contributed by atoms with Gasteiger partial charge in [-0.3, -0.25) is 9.59 Å². The van der Waals surface area contributed by atoms with Gasteiger partial charge in [-0.1, -0.05) is 37.3 Å². The first-order chi connectivity index (χ1) is 13.3. The first-order valence-electron chi connectivity index (χ1n) is 9.65. The van der Waals surface area contributed by atoms with Crippen LogP contribution in [-0.4, -0.2) is 46.7 Å². The monoisotopic (exact) mass is 411 g/mol. The molecule has 0 bridgehead atoms. The van der Waals surface area contributed by atoms with Gasteiger partial charge < -0.3 is 16.2 Å². The Labute approximate surface area is 171 Å². The van der Waals surface area contributed by atoms with Crippen LogP contribution in [0.4, 0.5) is 4.39 Å². The summed E-state index contributed by atoms with van der Waals surface area (Å²) in [5.41, 5.74) is 3.97. The number of primary amides is 1. The maximum Gasteiger partial charge on any atom is 0.254 e. The fourth-order valence-corrected chi connectivity index (χ4v) is 3.27. The Morgan fingerprint density at radius 3 is 2.64 bits per heavy atom. The lowest BCUT2D eigenvalue weighted by atomic mass is 9.88. The average molecular weight is 412 g/mol. The second kappa shape index (κ2) is 12.8. The fourth-order valence-electron chi connectivity index (χ4n) is 2.73. The van der Waals surface area contributed by atoms with Crippen LogP contribution in [-0.2, 0) is 16.0 Å². The van der Waals surface area contributed by atoms with Crippen molar-refractivity contribution in [3.05, 3.63) is 42.3 Å². The van der Waals surface area contributed by atoms with Crippen molar-refractivity contribution in [2.75, 3.05) is 18.1 Å². The maximum atomic E-state index is 14.2. The van der Waals surface area contributed by atoms with Crippen LogP contribution in [0.1, 0.15) is 38.7 Å². The van der Waals surface area contributed by atoms with Crippen LogP contribution in [0.3, 0.4) is 0 Å². The molecule has 2 amide bonds. The molecular formula is C21H32FN2O3S. The number of hydrogen-bond acceptors (Lipinski definition) is 4. The van der Waals surface area contributed by atoms with Crippen molar-refractivity contribution in [2.24, 2.45) is 11.7 Å². The summed E-state index contributed by atoms with van der Waals surface area (Å²) < 4.78 is 14.2. The molecule has 7 heteroatoms. The molecule has 5 nitrogen and oxygen atoms in total. The molecule has 0 aromatic heterocycles. The number of aliphatic hydroxyl groups is 1. The zero-order valence-corrected chi connectivity index (χ0v) is 17.5. The SMILES string of the molecule is CCSCCNC(=O)[C@H](CCC(C)(F)C(N)=O)C[C@@H](O)[CH]Cc1ccccc1. The largest absolute Gasteiger partial charge is 0.393 e. The summed E-state index contributed by atoms with van der Waals surface area (Å²) in [4.78, 5) is 23.7. The zero-order chi connectivity index (χ0) is 21.0. The second-order valence-corrected chi connectivity index (χ2v) is 8.41. The van der Waals surface area contributed by atoms with E-state index in [9.17, 15) is 19.1 Å². The van der Waals surface area contributed by atoms with Gasteiger partial charge in [0, 0.05) is 18.2 Å². The van der Waals surface area contributed by atoms with E-state index in [1.54, 1.807) is 18.2 Å². The highest BCUT2D eigenvalue weighted by Gasteiger charge is 2.33. The summed E-state index contributed by atoms with van der Waals surface area (Å²) in [6, 6.07) is 9.68. The quantitative estimate of drug-likeness (QED) is 0.410. The van der Waals surface area contributed by atoms with E-state index in [2.05, 4.69) is 5.32 Å². The molecule has 1 aromatic rings. The third-order valence-corrected chi connectivity index (χ3v) is 5.49. The van der Waals surface area contributed by atoms with E-state index in [0.29, 0.717) is 13.0 Å². The van der Waals surface area contributed by atoms with Crippen molar-refractivity contribution in [1.82, 2.24) is 5.32 Å². The van der Waals surface area contributed by atoms with Crippen molar-refractivity contribution in [3.63, 3.8) is 0 Å². The number of hydrogen-bond donors (Lipinski definition) is 3. The number of nitrogens with one attached hydrogen (secondary N) is 1. The number of benzene rings is 1. The molecule has 4 N–H and O–H groups in total. The highest BCUT2D eigenvalue weighted by Crippen LogP contribution is 2.24. The van der Waals surface area contributed by atoms with Gasteiger partial charge in [0.2, 0.25) is 5.91 Å². The Balaban J connectivity index is 2.61. The molecule has 0 aliphatic rings. The number of carbonyl (C=O) groups is 2. The Morgan fingerprint density at radius 1 is 1.36 bits per heavy atom. The van der Waals surface area contributed by atoms with Gasteiger partial charge in [-0.05, 0) is 50.3 Å². The molecule has 0 saturated carbocycles. The predicted molar refractivity (Wildman–Crippen MR) is 113 cm³/mol. The van der Waals surface area contributed by atoms with Crippen LogP contribution < -0.4 is 11.1 Å². The second-order valence-electron chi connectivity index (χ2n) is 7.01. The summed E-state index contributed by atoms with van der Waals surface area (Å²) in [6.07, 6.45) is 1.67. The third kappa shape index (κ3) is 9.55.